The van der Waals surface area contributed by atoms with E-state index in [1.165, 1.54) is 173 Å². The summed E-state index contributed by atoms with van der Waals surface area (Å²) in [6.07, 6.45) is 49.6. The molecule has 0 aromatic rings. The van der Waals surface area contributed by atoms with Gasteiger partial charge in [0.2, 0.25) is 0 Å². The molecule has 0 heterocycles. The van der Waals surface area contributed by atoms with Gasteiger partial charge in [-0.2, -0.15) is 0 Å². The first kappa shape index (κ1) is 59.1. The van der Waals surface area contributed by atoms with E-state index in [0.717, 1.165) is 51.4 Å². The van der Waals surface area contributed by atoms with Crippen LogP contribution in [0.5, 0.6) is 0 Å². The van der Waals surface area contributed by atoms with Gasteiger partial charge >= 0.3 is 11.9 Å². The first-order chi connectivity index (χ1) is 29.6. The molecule has 0 rings (SSSR count). The fourth-order valence-corrected chi connectivity index (χ4v) is 8.07. The van der Waals surface area contributed by atoms with Gasteiger partial charge in [0.25, 0.3) is 0 Å². The zero-order valence-corrected chi connectivity index (χ0v) is 41.1. The molecule has 0 radical (unpaired) electrons. The topological polar surface area (TPSA) is 102 Å². The number of carboxylic acids is 1. The van der Waals surface area contributed by atoms with Crippen LogP contribution in [-0.2, 0) is 28.6 Å². The highest BCUT2D eigenvalue weighted by molar-refractivity contribution is 5.70. The van der Waals surface area contributed by atoms with Crippen LogP contribution in [0.15, 0.2) is 12.2 Å². The van der Waals surface area contributed by atoms with E-state index in [1.54, 1.807) is 0 Å². The Morgan fingerprint density at radius 1 is 0.475 bits per heavy atom. The van der Waals surface area contributed by atoms with Crippen LogP contribution in [0, 0.1) is 0 Å². The van der Waals surface area contributed by atoms with Crippen molar-refractivity contribution < 1.29 is 38.2 Å². The van der Waals surface area contributed by atoms with E-state index in [9.17, 15) is 19.5 Å². The van der Waals surface area contributed by atoms with Crippen molar-refractivity contribution in [1.82, 2.24) is 0 Å². The molecule has 0 saturated heterocycles. The lowest BCUT2D eigenvalue weighted by Gasteiger charge is -2.34. The van der Waals surface area contributed by atoms with Gasteiger partial charge in [-0.25, -0.2) is 0 Å². The maximum absolute atomic E-state index is 12.7. The third kappa shape index (κ3) is 43.1. The lowest BCUT2D eigenvalue weighted by atomic mass is 10.0. The van der Waals surface area contributed by atoms with Crippen LogP contribution in [0.25, 0.3) is 0 Å². The lowest BCUT2D eigenvalue weighted by Crippen LogP contribution is -2.55. The van der Waals surface area contributed by atoms with Crippen LogP contribution in [-0.4, -0.2) is 75.5 Å². The van der Waals surface area contributed by atoms with Gasteiger partial charge in [0, 0.05) is 19.3 Å². The summed E-state index contributed by atoms with van der Waals surface area (Å²) in [5, 5.41) is 11.7. The van der Waals surface area contributed by atoms with Crippen LogP contribution in [0.2, 0.25) is 0 Å². The first-order valence-electron chi connectivity index (χ1n) is 26.2. The molecule has 0 saturated carbocycles. The van der Waals surface area contributed by atoms with Gasteiger partial charge in [-0.05, 0) is 38.5 Å². The first-order valence-corrected chi connectivity index (χ1v) is 26.2. The molecule has 360 valence electrons. The molecule has 0 fully saturated rings. The molecule has 0 bridgehead atoms. The molecule has 2 atom stereocenters. The largest absolute Gasteiger partial charge is 0.544 e. The lowest BCUT2D eigenvalue weighted by molar-refractivity contribution is -0.889. The monoisotopic (exact) mass is 864 g/mol. The van der Waals surface area contributed by atoms with Gasteiger partial charge in [-0.3, -0.25) is 9.59 Å². The average molecular weight is 864 g/mol. The van der Waals surface area contributed by atoms with E-state index in [-0.39, 0.29) is 42.7 Å². The molecular weight excluding hydrogens is 763 g/mol. The van der Waals surface area contributed by atoms with Crippen LogP contribution in [0.1, 0.15) is 258 Å². The number of allylic oxidation sites excluding steroid dienone is 2. The maximum Gasteiger partial charge on any atom is 0.306 e. The molecule has 0 amide bonds. The minimum Gasteiger partial charge on any atom is -0.544 e. The third-order valence-corrected chi connectivity index (χ3v) is 12.2. The fraction of sp³-hybridized carbons (Fsp3) is 0.906. The van der Waals surface area contributed by atoms with Crippen molar-refractivity contribution in [2.45, 2.75) is 270 Å². The molecule has 2 unspecified atom stereocenters. The standard InChI is InChI=1S/C53H101NO7/c1-6-8-10-12-14-16-18-20-22-23-24-25-26-27-28-29-30-32-33-35-37-39-41-43-51(55)60-48-49(47-59-46-45-50(53(57)58)54(3,4)5)61-52(56)44-42-40-38-36-34-31-21-19-17-15-13-11-9-7-2/h19,21,49-50H,6-18,20,22-48H2,1-5H3/b21-19-. The van der Waals surface area contributed by atoms with Gasteiger partial charge in [0.15, 0.2) is 6.10 Å². The van der Waals surface area contributed by atoms with Crippen molar-refractivity contribution in [2.75, 3.05) is 41.0 Å². The second-order valence-corrected chi connectivity index (χ2v) is 19.1. The summed E-state index contributed by atoms with van der Waals surface area (Å²) in [5.41, 5.74) is 0. The third-order valence-electron chi connectivity index (χ3n) is 12.2. The summed E-state index contributed by atoms with van der Waals surface area (Å²) in [5.74, 6) is -1.73. The number of ether oxygens (including phenoxy) is 3. The van der Waals surface area contributed by atoms with E-state index < -0.39 is 18.1 Å². The molecule has 0 spiro atoms. The fourth-order valence-electron chi connectivity index (χ4n) is 8.07. The minimum absolute atomic E-state index is 0.0433. The highest BCUT2D eigenvalue weighted by atomic mass is 16.6. The summed E-state index contributed by atoms with van der Waals surface area (Å²) in [6, 6.07) is -0.723. The second kappa shape index (κ2) is 44.7. The SMILES string of the molecule is CCCCCCC/C=C\CCCCCCCC(=O)OC(COCCC(C(=O)[O-])[N+](C)(C)C)COC(=O)CCCCCCCCCCCCCCCCCCCCCCCCC. The molecule has 0 aliphatic carbocycles. The quantitative estimate of drug-likeness (QED) is 0.0260. The van der Waals surface area contributed by atoms with E-state index in [0.29, 0.717) is 12.8 Å². The van der Waals surface area contributed by atoms with E-state index in [2.05, 4.69) is 26.0 Å². The minimum atomic E-state index is -1.12. The average Bonchev–Trinajstić information content (AvgIpc) is 3.22. The Morgan fingerprint density at radius 2 is 0.820 bits per heavy atom. The second-order valence-electron chi connectivity index (χ2n) is 19.1. The van der Waals surface area contributed by atoms with Gasteiger partial charge < -0.3 is 28.6 Å². The number of esters is 2. The molecular formula is C53H101NO7. The number of hydrogen-bond donors (Lipinski definition) is 0. The predicted octanol–water partition coefficient (Wildman–Crippen LogP) is 13.7. The zero-order chi connectivity index (χ0) is 44.9. The Balaban J connectivity index is 4.13. The summed E-state index contributed by atoms with van der Waals surface area (Å²) >= 11 is 0. The molecule has 61 heavy (non-hydrogen) atoms. The molecule has 8 heteroatoms. The van der Waals surface area contributed by atoms with Gasteiger partial charge in [0.05, 0.1) is 40.3 Å². The highest BCUT2D eigenvalue weighted by Gasteiger charge is 2.25. The van der Waals surface area contributed by atoms with Crippen LogP contribution >= 0.6 is 0 Å². The zero-order valence-electron chi connectivity index (χ0n) is 41.1. The van der Waals surface area contributed by atoms with Crippen molar-refractivity contribution in [1.29, 1.82) is 0 Å². The number of rotatable bonds is 48. The Hall–Kier alpha value is -1.93. The summed E-state index contributed by atoms with van der Waals surface area (Å²) in [4.78, 5) is 37.0. The van der Waals surface area contributed by atoms with Crippen LogP contribution in [0.4, 0.5) is 0 Å². The Morgan fingerprint density at radius 3 is 1.18 bits per heavy atom. The maximum atomic E-state index is 12.7. The predicted molar refractivity (Wildman–Crippen MR) is 254 cm³/mol. The molecule has 0 aromatic heterocycles. The molecule has 0 aliphatic rings. The summed E-state index contributed by atoms with van der Waals surface area (Å²) in [6.45, 7) is 4.69. The van der Waals surface area contributed by atoms with Crippen LogP contribution < -0.4 is 5.11 Å². The molecule has 0 aromatic carbocycles. The van der Waals surface area contributed by atoms with Crippen molar-refractivity contribution in [3.8, 4) is 0 Å². The van der Waals surface area contributed by atoms with Crippen molar-refractivity contribution in [2.24, 2.45) is 0 Å². The Labute approximate surface area is 378 Å². The van der Waals surface area contributed by atoms with Gasteiger partial charge in [-0.15, -0.1) is 0 Å². The Bertz CT molecular complexity index is 1010. The number of unbranched alkanes of at least 4 members (excludes halogenated alkanes) is 32. The number of carbonyl (C=O) groups is 3. The smallest absolute Gasteiger partial charge is 0.306 e. The Kier molecular flexibility index (Phi) is 43.3. The number of nitrogens with zero attached hydrogens (tertiary/aromatic N) is 1. The number of quaternary nitrogens is 1. The summed E-state index contributed by atoms with van der Waals surface area (Å²) < 4.78 is 17.2. The summed E-state index contributed by atoms with van der Waals surface area (Å²) in [7, 11) is 5.42. The number of likely N-dealkylation sites (N-methyl/N-ethyl adjacent to an activating group) is 1. The molecule has 0 aliphatic heterocycles. The highest BCUT2D eigenvalue weighted by Crippen LogP contribution is 2.17. The number of carboxylic acid groups (broad SMARTS) is 1. The number of carbonyl (C=O) groups excluding carboxylic acids is 3. The van der Waals surface area contributed by atoms with E-state index >= 15 is 0 Å². The van der Waals surface area contributed by atoms with E-state index in [4.69, 9.17) is 14.2 Å². The van der Waals surface area contributed by atoms with Crippen LogP contribution in [0.3, 0.4) is 0 Å². The number of aliphatic carboxylic acids is 1. The van der Waals surface area contributed by atoms with Crippen molar-refractivity contribution in [3.05, 3.63) is 12.2 Å². The van der Waals surface area contributed by atoms with Gasteiger partial charge in [0.1, 0.15) is 12.6 Å². The normalized spacial score (nSPS) is 12.9. The molecule has 0 N–H and O–H groups in total. The number of hydrogen-bond acceptors (Lipinski definition) is 7. The van der Waals surface area contributed by atoms with Gasteiger partial charge in [-0.1, -0.05) is 212 Å². The van der Waals surface area contributed by atoms with E-state index in [1.807, 2.05) is 21.1 Å². The van der Waals surface area contributed by atoms with Crippen molar-refractivity contribution in [3.63, 3.8) is 0 Å². The van der Waals surface area contributed by atoms with Crippen molar-refractivity contribution >= 4 is 17.9 Å². The molecule has 8 nitrogen and oxygen atoms in total.